The van der Waals surface area contributed by atoms with Crippen LogP contribution in [0.1, 0.15) is 17.8 Å². The Balaban J connectivity index is 1.31. The zero-order chi connectivity index (χ0) is 24.4. The molecule has 0 aliphatic carbocycles. The van der Waals surface area contributed by atoms with Crippen LogP contribution < -0.4 is 5.32 Å². The molecule has 0 unspecified atom stereocenters. The number of aliphatic carboxylic acids is 1. The number of carbonyl (C=O) groups is 3. The van der Waals surface area contributed by atoms with E-state index in [1.165, 1.54) is 50.6 Å². The molecule has 34 heavy (non-hydrogen) atoms. The van der Waals surface area contributed by atoms with E-state index in [0.717, 1.165) is 15.5 Å². The third kappa shape index (κ3) is 5.07. The molecule has 16 heteroatoms. The number of hydrogen-bond acceptors (Lipinski definition) is 11. The molecule has 0 aromatic carbocycles. The number of amides is 2. The fourth-order valence-corrected chi connectivity index (χ4v) is 6.80. The van der Waals surface area contributed by atoms with E-state index in [1.54, 1.807) is 0 Å². The van der Waals surface area contributed by atoms with Gasteiger partial charge in [-0.25, -0.2) is 4.79 Å². The summed E-state index contributed by atoms with van der Waals surface area (Å²) in [6.45, 7) is 2.15. The molecule has 4 heterocycles. The number of carbonyl (C=O) groups excluding carboxylic acids is 2. The van der Waals surface area contributed by atoms with Crippen molar-refractivity contribution in [3.05, 3.63) is 38.8 Å². The summed E-state index contributed by atoms with van der Waals surface area (Å²) in [6.07, 6.45) is 2.89. The Kier molecular flexibility index (Phi) is 7.18. The van der Waals surface area contributed by atoms with Crippen LogP contribution in [-0.4, -0.2) is 75.6 Å². The van der Waals surface area contributed by atoms with Gasteiger partial charge in [-0.3, -0.25) is 29.3 Å². The monoisotopic (exact) mass is 525 g/mol. The van der Waals surface area contributed by atoms with Crippen LogP contribution in [0.5, 0.6) is 0 Å². The zero-order valence-corrected chi connectivity index (χ0v) is 20.2. The number of nitrogens with zero attached hydrogens (tertiary/aromatic N) is 6. The summed E-state index contributed by atoms with van der Waals surface area (Å²) >= 11 is 4.20. The molecular weight excluding hydrogens is 506 g/mol. The molecule has 2 N–H and O–H groups in total. The molecule has 2 amide bonds. The van der Waals surface area contributed by atoms with E-state index in [0.29, 0.717) is 30.0 Å². The quantitative estimate of drug-likeness (QED) is 0.198. The Labute approximate surface area is 205 Å². The molecule has 2 atom stereocenters. The maximum Gasteiger partial charge on any atom is 0.352 e. The van der Waals surface area contributed by atoms with Crippen molar-refractivity contribution >= 4 is 58.3 Å². The molecule has 0 spiro atoms. The van der Waals surface area contributed by atoms with Crippen molar-refractivity contribution in [3.63, 3.8) is 0 Å². The molecular formula is C18H19N7O6S3. The lowest BCUT2D eigenvalue weighted by molar-refractivity contribution is -0.385. The minimum absolute atomic E-state index is 0.0340. The van der Waals surface area contributed by atoms with Gasteiger partial charge in [0.05, 0.1) is 4.92 Å². The largest absolute Gasteiger partial charge is 0.477 e. The van der Waals surface area contributed by atoms with Gasteiger partial charge in [0, 0.05) is 24.5 Å². The highest BCUT2D eigenvalue weighted by Gasteiger charge is 2.54. The molecule has 1 saturated heterocycles. The van der Waals surface area contributed by atoms with Gasteiger partial charge in [-0.2, -0.15) is 5.10 Å². The number of hydrogen-bond donors (Lipinski definition) is 2. The van der Waals surface area contributed by atoms with Crippen LogP contribution in [-0.2, 0) is 20.9 Å². The molecule has 2 aromatic heterocycles. The van der Waals surface area contributed by atoms with Crippen LogP contribution in [0, 0.1) is 17.0 Å². The van der Waals surface area contributed by atoms with Crippen LogP contribution in [0.4, 0.5) is 5.69 Å². The van der Waals surface area contributed by atoms with Crippen molar-refractivity contribution < 1.29 is 24.4 Å². The van der Waals surface area contributed by atoms with E-state index >= 15 is 0 Å². The van der Waals surface area contributed by atoms with E-state index in [4.69, 9.17) is 0 Å². The highest BCUT2D eigenvalue weighted by atomic mass is 32.2. The minimum atomic E-state index is -1.18. The lowest BCUT2D eigenvalue weighted by atomic mass is 10.0. The first-order chi connectivity index (χ1) is 16.2. The summed E-state index contributed by atoms with van der Waals surface area (Å²) in [4.78, 5) is 48.4. The van der Waals surface area contributed by atoms with Crippen LogP contribution in [0.3, 0.4) is 0 Å². The second kappa shape index (κ2) is 10.1. The predicted molar refractivity (Wildman–Crippen MR) is 123 cm³/mol. The summed E-state index contributed by atoms with van der Waals surface area (Å²) in [6, 6.07) is -0.794. The first-order valence-electron chi connectivity index (χ1n) is 10.0. The Hall–Kier alpha value is -2.98. The molecule has 0 bridgehead atoms. The number of nitro groups is 1. The fraction of sp³-hybridized carbons (Fsp3) is 0.444. The summed E-state index contributed by atoms with van der Waals surface area (Å²) in [7, 11) is 0. The summed E-state index contributed by atoms with van der Waals surface area (Å²) in [5.74, 6) is -1.19. The lowest BCUT2D eigenvalue weighted by Crippen LogP contribution is -2.70. The van der Waals surface area contributed by atoms with E-state index in [-0.39, 0.29) is 23.7 Å². The van der Waals surface area contributed by atoms with Crippen LogP contribution in [0.15, 0.2) is 28.0 Å². The SMILES string of the molecule is Cc1nnc(SCC2=C(C(=O)O)N3C(=O)[C@@H](NC(=O)CCCn4cc([N+](=O)[O-])cn4)[C@H]3SC2)s1. The number of carboxylic acids is 1. The first-order valence-corrected chi connectivity index (χ1v) is 12.9. The summed E-state index contributed by atoms with van der Waals surface area (Å²) in [5, 5.41) is 35.3. The average molecular weight is 526 g/mol. The van der Waals surface area contributed by atoms with Gasteiger partial charge in [-0.15, -0.1) is 22.0 Å². The molecule has 2 aliphatic rings. The van der Waals surface area contributed by atoms with Crippen LogP contribution in [0.25, 0.3) is 0 Å². The zero-order valence-electron chi connectivity index (χ0n) is 17.7. The third-order valence-corrected chi connectivity index (χ3v) is 8.46. The van der Waals surface area contributed by atoms with Gasteiger partial charge < -0.3 is 10.4 Å². The van der Waals surface area contributed by atoms with Gasteiger partial charge in [0.15, 0.2) is 4.34 Å². The van der Waals surface area contributed by atoms with Gasteiger partial charge in [-0.05, 0) is 18.9 Å². The van der Waals surface area contributed by atoms with Gasteiger partial charge in [0.25, 0.3) is 5.91 Å². The highest BCUT2D eigenvalue weighted by molar-refractivity contribution is 8.01. The van der Waals surface area contributed by atoms with E-state index in [1.807, 2.05) is 6.92 Å². The average Bonchev–Trinajstić information content (AvgIpc) is 3.44. The Morgan fingerprint density at radius 3 is 2.85 bits per heavy atom. The van der Waals surface area contributed by atoms with Gasteiger partial charge >= 0.3 is 11.7 Å². The summed E-state index contributed by atoms with van der Waals surface area (Å²) < 4.78 is 2.11. The van der Waals surface area contributed by atoms with Crippen LogP contribution in [0.2, 0.25) is 0 Å². The second-order valence-corrected chi connectivity index (χ2v) is 10.9. The van der Waals surface area contributed by atoms with Crippen molar-refractivity contribution in [2.24, 2.45) is 0 Å². The fourth-order valence-electron chi connectivity index (χ4n) is 3.50. The van der Waals surface area contributed by atoms with Gasteiger partial charge in [0.1, 0.15) is 34.5 Å². The molecule has 2 aliphatic heterocycles. The van der Waals surface area contributed by atoms with E-state index in [2.05, 4.69) is 20.6 Å². The standard InChI is InChI=1S/C18H19N7O6S3/c1-9-21-22-18(34-9)33-8-10-7-32-16-13(15(27)24(16)14(10)17(28)29)20-12(26)3-2-4-23-6-11(5-19-23)25(30)31/h5-6,13,16H,2-4,7-8H2,1H3,(H,20,26)(H,28,29)/t13-,16-/m1/s1. The van der Waals surface area contributed by atoms with Crippen LogP contribution >= 0.6 is 34.9 Å². The smallest absolute Gasteiger partial charge is 0.352 e. The van der Waals surface area contributed by atoms with Crippen molar-refractivity contribution in [2.45, 2.75) is 42.1 Å². The van der Waals surface area contributed by atoms with Crippen molar-refractivity contribution in [3.8, 4) is 0 Å². The van der Waals surface area contributed by atoms with E-state index in [9.17, 15) is 29.6 Å². The molecule has 2 aromatic rings. The number of aryl methyl sites for hydroxylation is 2. The second-order valence-electron chi connectivity index (χ2n) is 7.41. The van der Waals surface area contributed by atoms with Crippen molar-refractivity contribution in [2.75, 3.05) is 11.5 Å². The van der Waals surface area contributed by atoms with Crippen molar-refractivity contribution in [1.82, 2.24) is 30.2 Å². The normalized spacial score (nSPS) is 19.6. The number of aromatic nitrogens is 4. The maximum absolute atomic E-state index is 12.7. The third-order valence-electron chi connectivity index (χ3n) is 5.07. The van der Waals surface area contributed by atoms with Gasteiger partial charge in [-0.1, -0.05) is 23.1 Å². The van der Waals surface area contributed by atoms with Crippen molar-refractivity contribution in [1.29, 1.82) is 0 Å². The first kappa shape index (κ1) is 24.2. The van der Waals surface area contributed by atoms with Gasteiger partial charge in [0.2, 0.25) is 5.91 Å². The Bertz CT molecular complexity index is 1180. The molecule has 0 radical (unpaired) electrons. The lowest BCUT2D eigenvalue weighted by Gasteiger charge is -2.49. The molecule has 180 valence electrons. The number of carboxylic acid groups (broad SMARTS) is 1. The number of thioether (sulfide) groups is 2. The minimum Gasteiger partial charge on any atom is -0.477 e. The maximum atomic E-state index is 12.7. The highest BCUT2D eigenvalue weighted by Crippen LogP contribution is 2.41. The Morgan fingerprint density at radius 1 is 1.41 bits per heavy atom. The van der Waals surface area contributed by atoms with E-state index < -0.39 is 28.2 Å². The molecule has 4 rings (SSSR count). The predicted octanol–water partition coefficient (Wildman–Crippen LogP) is 1.26. The number of fused-ring (bicyclic) bond motifs is 1. The molecule has 1 fully saturated rings. The molecule has 0 saturated carbocycles. The topological polar surface area (TPSA) is 173 Å². The number of rotatable bonds is 10. The molecule has 13 nitrogen and oxygen atoms in total. The Morgan fingerprint density at radius 2 is 2.21 bits per heavy atom. The summed E-state index contributed by atoms with van der Waals surface area (Å²) in [5.41, 5.74) is 0.462. The number of nitrogens with one attached hydrogen (secondary N) is 1. The number of β-lactam (4-membered cyclic amide) rings is 1.